The topological polar surface area (TPSA) is 12.0 Å². The van der Waals surface area contributed by atoms with E-state index in [1.165, 1.54) is 5.54 Å². The highest BCUT2D eigenvalue weighted by Crippen LogP contribution is 2.25. The van der Waals surface area contributed by atoms with Gasteiger partial charge in [-0.1, -0.05) is 11.6 Å². The van der Waals surface area contributed by atoms with Crippen LogP contribution in [-0.2, 0) is 0 Å². The third-order valence-corrected chi connectivity index (χ3v) is 1.92. The molecule has 1 N–H and O–H groups in total. The van der Waals surface area contributed by atoms with E-state index in [0.29, 0.717) is 15.2 Å². The molecule has 0 saturated carbocycles. The van der Waals surface area contributed by atoms with Crippen LogP contribution in [0.2, 0.25) is 5.02 Å². The molecule has 0 unspecified atom stereocenters. The molecule has 0 saturated heterocycles. The van der Waals surface area contributed by atoms with Crippen molar-refractivity contribution in [1.82, 2.24) is 0 Å². The Labute approximate surface area is 71.3 Å². The van der Waals surface area contributed by atoms with Crippen LogP contribution in [0, 0.1) is 0 Å². The van der Waals surface area contributed by atoms with Gasteiger partial charge in [-0.2, -0.15) is 0 Å². The van der Waals surface area contributed by atoms with Crippen molar-refractivity contribution in [2.75, 3.05) is 5.54 Å². The molecule has 0 radical (unpaired) electrons. The lowest BCUT2D eigenvalue weighted by Gasteiger charge is -1.98. The van der Waals surface area contributed by atoms with Crippen LogP contribution in [0.15, 0.2) is 22.7 Å². The maximum absolute atomic E-state index is 11.8. The van der Waals surface area contributed by atoms with E-state index in [-0.39, 0.29) is 0 Å². The molecule has 1 aromatic carbocycles. The largest absolute Gasteiger partial charge is 0.223 e. The maximum atomic E-state index is 11.8. The molecule has 0 fully saturated rings. The highest BCUT2D eigenvalue weighted by molar-refractivity contribution is 9.10. The monoisotopic (exact) mass is 223 g/mol. The Kier molecular flexibility index (Phi) is 2.51. The molecule has 0 spiro atoms. The number of hydrogen-bond donors (Lipinski definition) is 1. The van der Waals surface area contributed by atoms with E-state index >= 15 is 0 Å². The van der Waals surface area contributed by atoms with Crippen molar-refractivity contribution in [2.24, 2.45) is 0 Å². The molecule has 0 aromatic heterocycles. The van der Waals surface area contributed by atoms with Crippen LogP contribution in [0.5, 0.6) is 0 Å². The van der Waals surface area contributed by atoms with Crippen molar-refractivity contribution in [3.8, 4) is 0 Å². The van der Waals surface area contributed by atoms with Crippen LogP contribution in [0.3, 0.4) is 0 Å². The molecule has 0 aliphatic rings. The third-order valence-electron chi connectivity index (χ3n) is 1.03. The molecule has 10 heavy (non-hydrogen) atoms. The highest BCUT2D eigenvalue weighted by atomic mass is 79.9. The molecule has 0 aliphatic heterocycles. The van der Waals surface area contributed by atoms with Crippen molar-refractivity contribution in [1.29, 1.82) is 0 Å². The van der Waals surface area contributed by atoms with E-state index in [1.54, 1.807) is 18.2 Å². The predicted molar refractivity (Wildman–Crippen MR) is 43.9 cm³/mol. The number of anilines is 1. The summed E-state index contributed by atoms with van der Waals surface area (Å²) in [5.74, 6) is 0. The lowest BCUT2D eigenvalue weighted by molar-refractivity contribution is 0.617. The molecular weight excluding hydrogens is 220 g/mol. The van der Waals surface area contributed by atoms with Gasteiger partial charge in [0.05, 0.1) is 5.69 Å². The summed E-state index contributed by atoms with van der Waals surface area (Å²) in [4.78, 5) is 0. The Morgan fingerprint density at radius 3 is 2.70 bits per heavy atom. The van der Waals surface area contributed by atoms with Crippen LogP contribution in [0.4, 0.5) is 10.2 Å². The Morgan fingerprint density at radius 2 is 2.20 bits per heavy atom. The fourth-order valence-corrected chi connectivity index (χ4v) is 1.32. The van der Waals surface area contributed by atoms with Gasteiger partial charge in [0.1, 0.15) is 0 Å². The van der Waals surface area contributed by atoms with Gasteiger partial charge in [0.25, 0.3) is 0 Å². The quantitative estimate of drug-likeness (QED) is 0.721. The number of rotatable bonds is 1. The van der Waals surface area contributed by atoms with Crippen molar-refractivity contribution >= 4 is 33.2 Å². The Bertz CT molecular complexity index is 241. The van der Waals surface area contributed by atoms with E-state index in [4.69, 9.17) is 11.6 Å². The van der Waals surface area contributed by atoms with Crippen LogP contribution >= 0.6 is 27.5 Å². The normalized spacial score (nSPS) is 9.50. The minimum Gasteiger partial charge on any atom is -0.223 e. The van der Waals surface area contributed by atoms with Gasteiger partial charge in [-0.3, -0.25) is 0 Å². The number of benzene rings is 1. The van der Waals surface area contributed by atoms with Crippen molar-refractivity contribution in [3.05, 3.63) is 27.7 Å². The summed E-state index contributed by atoms with van der Waals surface area (Å²) in [5, 5.41) is 0.575. The summed E-state index contributed by atoms with van der Waals surface area (Å²) < 4.78 is 12.4. The zero-order valence-electron chi connectivity index (χ0n) is 4.87. The first-order chi connectivity index (χ1) is 4.74. The maximum Gasteiger partial charge on any atom is 0.0798 e. The minimum absolute atomic E-state index is 0.379. The average molecular weight is 224 g/mol. The molecule has 4 heteroatoms. The molecule has 1 aromatic rings. The van der Waals surface area contributed by atoms with Gasteiger partial charge >= 0.3 is 0 Å². The van der Waals surface area contributed by atoms with Crippen molar-refractivity contribution in [2.45, 2.75) is 0 Å². The molecule has 1 nitrogen and oxygen atoms in total. The molecule has 0 amide bonds. The standard InChI is InChI=1S/C6H4BrClFN/c7-5-3-4(8)1-2-6(5)10-9/h1-3,10H. The fourth-order valence-electron chi connectivity index (χ4n) is 0.566. The molecule has 1 rings (SSSR count). The van der Waals surface area contributed by atoms with E-state index in [9.17, 15) is 4.48 Å². The van der Waals surface area contributed by atoms with Gasteiger partial charge in [-0.05, 0) is 34.1 Å². The summed E-state index contributed by atoms with van der Waals surface area (Å²) in [6, 6.07) is 4.77. The van der Waals surface area contributed by atoms with E-state index in [2.05, 4.69) is 15.9 Å². The smallest absolute Gasteiger partial charge is 0.0798 e. The van der Waals surface area contributed by atoms with Crippen LogP contribution < -0.4 is 5.54 Å². The zero-order valence-corrected chi connectivity index (χ0v) is 7.21. The summed E-state index contributed by atoms with van der Waals surface area (Å²) in [7, 11) is 0. The summed E-state index contributed by atoms with van der Waals surface area (Å²) in [5.41, 5.74) is 1.90. The van der Waals surface area contributed by atoms with Crippen molar-refractivity contribution in [3.63, 3.8) is 0 Å². The number of nitrogens with one attached hydrogen (secondary N) is 1. The molecule has 0 aliphatic carbocycles. The summed E-state index contributed by atoms with van der Waals surface area (Å²) >= 11 is 8.71. The molecule has 0 bridgehead atoms. The van der Waals surface area contributed by atoms with Gasteiger partial charge in [-0.25, -0.2) is 5.54 Å². The second-order valence-electron chi connectivity index (χ2n) is 1.72. The predicted octanol–water partition coefficient (Wildman–Crippen LogP) is 3.40. The summed E-state index contributed by atoms with van der Waals surface area (Å²) in [6.07, 6.45) is 0. The Balaban J connectivity index is 3.07. The fraction of sp³-hybridized carbons (Fsp3) is 0. The first-order valence-electron chi connectivity index (χ1n) is 2.55. The average Bonchev–Trinajstić information content (AvgIpc) is 1.88. The first-order valence-corrected chi connectivity index (χ1v) is 3.73. The van der Waals surface area contributed by atoms with Crippen LogP contribution in [0.1, 0.15) is 0 Å². The van der Waals surface area contributed by atoms with Crippen LogP contribution in [0.25, 0.3) is 0 Å². The second kappa shape index (κ2) is 3.21. The second-order valence-corrected chi connectivity index (χ2v) is 3.01. The van der Waals surface area contributed by atoms with Gasteiger partial charge in [-0.15, -0.1) is 4.48 Å². The highest BCUT2D eigenvalue weighted by Gasteiger charge is 1.97. The summed E-state index contributed by atoms with van der Waals surface area (Å²) in [6.45, 7) is 0. The molecular formula is C6H4BrClFN. The van der Waals surface area contributed by atoms with E-state index in [1.807, 2.05) is 0 Å². The Morgan fingerprint density at radius 1 is 1.50 bits per heavy atom. The van der Waals surface area contributed by atoms with E-state index in [0.717, 1.165) is 0 Å². The SMILES string of the molecule is FNc1ccc(Cl)cc1Br. The first kappa shape index (κ1) is 7.82. The molecule has 0 atom stereocenters. The van der Waals surface area contributed by atoms with Crippen LogP contribution in [-0.4, -0.2) is 0 Å². The minimum atomic E-state index is 0.379. The number of halogens is 3. The third kappa shape index (κ3) is 1.61. The van der Waals surface area contributed by atoms with E-state index < -0.39 is 0 Å². The van der Waals surface area contributed by atoms with Gasteiger partial charge in [0, 0.05) is 9.50 Å². The van der Waals surface area contributed by atoms with Gasteiger partial charge in [0.2, 0.25) is 0 Å². The van der Waals surface area contributed by atoms with Crippen molar-refractivity contribution < 1.29 is 4.48 Å². The lowest BCUT2D eigenvalue weighted by Crippen LogP contribution is -1.81. The molecule has 0 heterocycles. The van der Waals surface area contributed by atoms with Gasteiger partial charge < -0.3 is 0 Å². The molecule has 54 valence electrons. The van der Waals surface area contributed by atoms with Gasteiger partial charge in [0.15, 0.2) is 0 Å². The lowest BCUT2D eigenvalue weighted by atomic mass is 10.3. The zero-order chi connectivity index (χ0) is 7.56. The number of hydrogen-bond acceptors (Lipinski definition) is 1. The Hall–Kier alpha value is -0.280.